The van der Waals surface area contributed by atoms with E-state index in [2.05, 4.69) is 24.1 Å². The van der Waals surface area contributed by atoms with Crippen LogP contribution in [-0.2, 0) is 11.1 Å². The highest BCUT2D eigenvalue weighted by Crippen LogP contribution is 2.27. The molecule has 2 aromatic rings. The zero-order chi connectivity index (χ0) is 16.8. The second kappa shape index (κ2) is 8.49. The number of benzene rings is 1. The largest absolute Gasteiger partial charge is 0.329 e. The van der Waals surface area contributed by atoms with Crippen molar-refractivity contribution in [2.24, 2.45) is 5.73 Å². The Labute approximate surface area is 140 Å². The van der Waals surface area contributed by atoms with Crippen molar-refractivity contribution in [2.45, 2.75) is 50.2 Å². The van der Waals surface area contributed by atoms with Crippen LogP contribution in [0.5, 0.6) is 0 Å². The molecule has 6 heteroatoms. The average molecular weight is 335 g/mol. The lowest BCUT2D eigenvalue weighted by Crippen LogP contribution is -2.36. The van der Waals surface area contributed by atoms with Gasteiger partial charge < -0.3 is 15.6 Å². The lowest BCUT2D eigenvalue weighted by molar-refractivity contribution is 0.406. The maximum atomic E-state index is 11.5. The summed E-state index contributed by atoms with van der Waals surface area (Å²) in [4.78, 5) is 4.04. The molecule has 0 radical (unpaired) electrons. The van der Waals surface area contributed by atoms with Gasteiger partial charge in [-0.15, -0.1) is 0 Å². The molecule has 0 spiro atoms. The first-order valence-electron chi connectivity index (χ1n) is 8.06. The number of aromatic nitrogens is 1. The summed E-state index contributed by atoms with van der Waals surface area (Å²) in [5.41, 5.74) is 7.06. The van der Waals surface area contributed by atoms with E-state index in [0.717, 1.165) is 30.2 Å². The molecule has 0 aliphatic carbocycles. The fourth-order valence-corrected chi connectivity index (χ4v) is 3.49. The van der Waals surface area contributed by atoms with Crippen molar-refractivity contribution in [3.63, 3.8) is 0 Å². The topological polar surface area (TPSA) is 88.2 Å². The van der Waals surface area contributed by atoms with Gasteiger partial charge >= 0.3 is 0 Å². The molecule has 0 fully saturated rings. The van der Waals surface area contributed by atoms with Crippen LogP contribution in [0.2, 0.25) is 0 Å². The number of hydrogen-bond donors (Lipinski definition) is 3. The first-order valence-corrected chi connectivity index (χ1v) is 9.17. The van der Waals surface area contributed by atoms with E-state index >= 15 is 0 Å². The minimum Gasteiger partial charge on any atom is -0.329 e. The highest BCUT2D eigenvalue weighted by Gasteiger charge is 2.18. The van der Waals surface area contributed by atoms with E-state index in [1.807, 2.05) is 24.3 Å². The highest BCUT2D eigenvalue weighted by molar-refractivity contribution is 7.79. The molecule has 0 aliphatic heterocycles. The monoisotopic (exact) mass is 335 g/mol. The summed E-state index contributed by atoms with van der Waals surface area (Å²) in [6.45, 7) is 4.81. The molecule has 126 valence electrons. The van der Waals surface area contributed by atoms with E-state index in [-0.39, 0.29) is 11.1 Å². The van der Waals surface area contributed by atoms with Crippen LogP contribution < -0.4 is 11.1 Å². The molecule has 4 N–H and O–H groups in total. The zero-order valence-electron chi connectivity index (χ0n) is 13.7. The second-order valence-electron chi connectivity index (χ2n) is 5.66. The zero-order valence-corrected chi connectivity index (χ0v) is 14.5. The van der Waals surface area contributed by atoms with Gasteiger partial charge in [0, 0.05) is 30.2 Å². The number of pyridine rings is 1. The molecule has 23 heavy (non-hydrogen) atoms. The van der Waals surface area contributed by atoms with E-state index in [4.69, 9.17) is 5.73 Å². The van der Waals surface area contributed by atoms with E-state index < -0.39 is 11.1 Å². The predicted molar refractivity (Wildman–Crippen MR) is 94.7 cm³/mol. The van der Waals surface area contributed by atoms with Crippen LogP contribution in [0.4, 0.5) is 0 Å². The van der Waals surface area contributed by atoms with Gasteiger partial charge in [-0.2, -0.15) is 0 Å². The Morgan fingerprint density at radius 2 is 2.09 bits per heavy atom. The minimum absolute atomic E-state index is 0.0116. The molecule has 0 saturated carbocycles. The van der Waals surface area contributed by atoms with Crippen molar-refractivity contribution in [1.29, 1.82) is 0 Å². The predicted octanol–water partition coefficient (Wildman–Crippen LogP) is 2.98. The van der Waals surface area contributed by atoms with Gasteiger partial charge in [0.05, 0.1) is 0 Å². The molecule has 1 heterocycles. The standard InChI is InChI=1S/C17H25N3O2S/c1-3-6-12(4-2)20-16(11-18)14-7-5-8-15-13(14)9-10-19-17(15)23(21)22/h5,7-10,12,16,20H,3-4,6,11,18H2,1-2H3,(H,21,22). The third kappa shape index (κ3) is 4.14. The van der Waals surface area contributed by atoms with Crippen LogP contribution in [0, 0.1) is 0 Å². The Morgan fingerprint density at radius 1 is 1.30 bits per heavy atom. The van der Waals surface area contributed by atoms with Gasteiger partial charge in [0.2, 0.25) is 11.1 Å². The Kier molecular flexibility index (Phi) is 6.65. The van der Waals surface area contributed by atoms with Crippen LogP contribution in [0.15, 0.2) is 35.5 Å². The fourth-order valence-electron chi connectivity index (χ4n) is 2.97. The van der Waals surface area contributed by atoms with Gasteiger partial charge in [-0.25, -0.2) is 9.19 Å². The van der Waals surface area contributed by atoms with Crippen molar-refractivity contribution >= 4 is 21.9 Å². The van der Waals surface area contributed by atoms with Gasteiger partial charge in [-0.3, -0.25) is 0 Å². The fraction of sp³-hybridized carbons (Fsp3) is 0.471. The number of hydrogen-bond acceptors (Lipinski definition) is 4. The molecule has 2 rings (SSSR count). The molecule has 0 amide bonds. The highest BCUT2D eigenvalue weighted by atomic mass is 32.2. The Hall–Kier alpha value is -1.34. The number of rotatable bonds is 8. The van der Waals surface area contributed by atoms with Crippen LogP contribution in [0.1, 0.15) is 44.7 Å². The van der Waals surface area contributed by atoms with E-state index in [1.165, 1.54) is 0 Å². The van der Waals surface area contributed by atoms with Crippen molar-refractivity contribution in [2.75, 3.05) is 6.54 Å². The SMILES string of the molecule is CCCC(CC)NC(CN)c1cccc2c(S(=O)O)nccc12. The molecule has 1 aromatic carbocycles. The Balaban J connectivity index is 2.44. The summed E-state index contributed by atoms with van der Waals surface area (Å²) < 4.78 is 20.9. The summed E-state index contributed by atoms with van der Waals surface area (Å²) in [5.74, 6) is 0. The minimum atomic E-state index is -2.11. The van der Waals surface area contributed by atoms with Gasteiger partial charge in [-0.1, -0.05) is 38.5 Å². The number of nitrogens with one attached hydrogen (secondary N) is 1. The second-order valence-corrected chi connectivity index (χ2v) is 6.54. The van der Waals surface area contributed by atoms with Crippen molar-refractivity contribution in [1.82, 2.24) is 10.3 Å². The maximum Gasteiger partial charge on any atom is 0.206 e. The van der Waals surface area contributed by atoms with Crippen LogP contribution in [0.3, 0.4) is 0 Å². The number of nitrogens with two attached hydrogens (primary N) is 1. The van der Waals surface area contributed by atoms with Crippen molar-refractivity contribution < 1.29 is 8.76 Å². The molecule has 0 saturated heterocycles. The van der Waals surface area contributed by atoms with Crippen LogP contribution >= 0.6 is 0 Å². The lowest BCUT2D eigenvalue weighted by atomic mass is 9.98. The van der Waals surface area contributed by atoms with Gasteiger partial charge in [0.15, 0.2) is 5.03 Å². The van der Waals surface area contributed by atoms with Crippen LogP contribution in [-0.4, -0.2) is 26.3 Å². The van der Waals surface area contributed by atoms with Gasteiger partial charge in [-0.05, 0) is 29.9 Å². The van der Waals surface area contributed by atoms with E-state index in [9.17, 15) is 8.76 Å². The summed E-state index contributed by atoms with van der Waals surface area (Å²) in [6, 6.07) is 8.05. The summed E-state index contributed by atoms with van der Waals surface area (Å²) >= 11 is -2.11. The third-order valence-electron chi connectivity index (χ3n) is 4.15. The summed E-state index contributed by atoms with van der Waals surface area (Å²) in [6.07, 6.45) is 4.84. The Morgan fingerprint density at radius 3 is 2.70 bits per heavy atom. The molecular weight excluding hydrogens is 310 g/mol. The number of nitrogens with zero attached hydrogens (tertiary/aromatic N) is 1. The first-order chi connectivity index (χ1) is 11.1. The van der Waals surface area contributed by atoms with Gasteiger partial charge in [0.25, 0.3) is 0 Å². The Bertz CT molecular complexity index is 678. The molecule has 5 nitrogen and oxygen atoms in total. The molecule has 0 bridgehead atoms. The number of fused-ring (bicyclic) bond motifs is 1. The molecule has 1 aromatic heterocycles. The smallest absolute Gasteiger partial charge is 0.206 e. The summed E-state index contributed by atoms with van der Waals surface area (Å²) in [7, 11) is 0. The normalized spacial score (nSPS) is 15.5. The first kappa shape index (κ1) is 18.0. The molecule has 0 aliphatic rings. The maximum absolute atomic E-state index is 11.5. The van der Waals surface area contributed by atoms with Crippen LogP contribution in [0.25, 0.3) is 10.8 Å². The average Bonchev–Trinajstić information content (AvgIpc) is 2.57. The lowest BCUT2D eigenvalue weighted by Gasteiger charge is -2.25. The molecule has 3 unspecified atom stereocenters. The third-order valence-corrected chi connectivity index (χ3v) is 4.80. The molecular formula is C17H25N3O2S. The quantitative estimate of drug-likeness (QED) is 0.645. The summed E-state index contributed by atoms with van der Waals surface area (Å²) in [5, 5.41) is 5.45. The van der Waals surface area contributed by atoms with Crippen molar-refractivity contribution in [3.8, 4) is 0 Å². The van der Waals surface area contributed by atoms with E-state index in [1.54, 1.807) is 6.20 Å². The van der Waals surface area contributed by atoms with Crippen molar-refractivity contribution in [3.05, 3.63) is 36.0 Å². The van der Waals surface area contributed by atoms with Gasteiger partial charge in [0.1, 0.15) is 0 Å². The van der Waals surface area contributed by atoms with E-state index in [0.29, 0.717) is 18.0 Å². The molecule has 3 atom stereocenters.